The Morgan fingerprint density at radius 3 is 2.47 bits per heavy atom. The van der Waals surface area contributed by atoms with Gasteiger partial charge >= 0.3 is 5.97 Å². The van der Waals surface area contributed by atoms with Gasteiger partial charge in [0.25, 0.3) is 0 Å². The number of nitrogens with zero attached hydrogens (tertiary/aromatic N) is 2. The molecule has 19 heavy (non-hydrogen) atoms. The standard InChI is InChI=1S/C15H24N2O2/c1-6-13-8-12(15(18)19)9-14(16-13)17(5)11(4)7-10(2)3/h8-11H,6-7H2,1-5H3,(H,18,19). The number of aromatic nitrogens is 1. The maximum absolute atomic E-state index is 11.1. The summed E-state index contributed by atoms with van der Waals surface area (Å²) in [6, 6.07) is 3.63. The van der Waals surface area contributed by atoms with Crippen molar-refractivity contribution >= 4 is 11.8 Å². The third-order valence-corrected chi connectivity index (χ3v) is 3.31. The fourth-order valence-electron chi connectivity index (χ4n) is 2.12. The second-order valence-electron chi connectivity index (χ2n) is 5.45. The molecule has 0 aliphatic heterocycles. The number of hydrogen-bond acceptors (Lipinski definition) is 3. The van der Waals surface area contributed by atoms with Crippen LogP contribution >= 0.6 is 0 Å². The Morgan fingerprint density at radius 1 is 1.37 bits per heavy atom. The van der Waals surface area contributed by atoms with Crippen molar-refractivity contribution in [2.45, 2.75) is 46.6 Å². The Labute approximate surface area is 115 Å². The second kappa shape index (κ2) is 6.55. The van der Waals surface area contributed by atoms with Gasteiger partial charge in [0.05, 0.1) is 5.56 Å². The summed E-state index contributed by atoms with van der Waals surface area (Å²) < 4.78 is 0. The lowest BCUT2D eigenvalue weighted by atomic mass is 10.0. The number of rotatable bonds is 6. The third kappa shape index (κ3) is 4.23. The molecule has 0 saturated carbocycles. The molecule has 0 spiro atoms. The quantitative estimate of drug-likeness (QED) is 0.857. The number of aromatic carboxylic acids is 1. The van der Waals surface area contributed by atoms with Crippen molar-refractivity contribution in [2.24, 2.45) is 5.92 Å². The first-order valence-electron chi connectivity index (χ1n) is 6.82. The zero-order valence-corrected chi connectivity index (χ0v) is 12.5. The maximum atomic E-state index is 11.1. The molecule has 0 radical (unpaired) electrons. The Bertz CT molecular complexity index is 444. The first kappa shape index (κ1) is 15.5. The van der Waals surface area contributed by atoms with E-state index in [1.165, 1.54) is 0 Å². The number of pyridine rings is 1. The van der Waals surface area contributed by atoms with Crippen molar-refractivity contribution in [1.82, 2.24) is 4.98 Å². The van der Waals surface area contributed by atoms with E-state index in [9.17, 15) is 4.79 Å². The highest BCUT2D eigenvalue weighted by molar-refractivity contribution is 5.88. The van der Waals surface area contributed by atoms with Crippen LogP contribution in [0.3, 0.4) is 0 Å². The molecule has 4 nitrogen and oxygen atoms in total. The molecule has 0 amide bonds. The van der Waals surface area contributed by atoms with Gasteiger partial charge in [-0.05, 0) is 37.8 Å². The minimum absolute atomic E-state index is 0.311. The van der Waals surface area contributed by atoms with E-state index in [0.29, 0.717) is 17.5 Å². The summed E-state index contributed by atoms with van der Waals surface area (Å²) in [4.78, 5) is 17.7. The van der Waals surface area contributed by atoms with Crippen molar-refractivity contribution in [1.29, 1.82) is 0 Å². The number of carbonyl (C=O) groups is 1. The van der Waals surface area contributed by atoms with E-state index < -0.39 is 5.97 Å². The zero-order chi connectivity index (χ0) is 14.6. The highest BCUT2D eigenvalue weighted by Gasteiger charge is 2.15. The number of carboxylic acid groups (broad SMARTS) is 1. The number of aryl methyl sites for hydroxylation is 1. The van der Waals surface area contributed by atoms with Crippen LogP contribution in [0.25, 0.3) is 0 Å². The van der Waals surface area contributed by atoms with E-state index >= 15 is 0 Å². The Morgan fingerprint density at radius 2 is 2.00 bits per heavy atom. The molecule has 0 aliphatic carbocycles. The summed E-state index contributed by atoms with van der Waals surface area (Å²) >= 11 is 0. The number of hydrogen-bond donors (Lipinski definition) is 1. The molecule has 1 aromatic heterocycles. The van der Waals surface area contributed by atoms with Gasteiger partial charge in [-0.2, -0.15) is 0 Å². The minimum atomic E-state index is -0.900. The molecule has 1 atom stereocenters. The van der Waals surface area contributed by atoms with Crippen molar-refractivity contribution < 1.29 is 9.90 Å². The lowest BCUT2D eigenvalue weighted by Gasteiger charge is -2.28. The van der Waals surface area contributed by atoms with E-state index in [4.69, 9.17) is 5.11 Å². The number of anilines is 1. The molecule has 1 N–H and O–H groups in total. The van der Waals surface area contributed by atoms with Gasteiger partial charge in [-0.15, -0.1) is 0 Å². The molecule has 4 heteroatoms. The van der Waals surface area contributed by atoms with E-state index in [1.54, 1.807) is 12.1 Å². The Hall–Kier alpha value is -1.58. The smallest absolute Gasteiger partial charge is 0.335 e. The van der Waals surface area contributed by atoms with Crippen LogP contribution in [-0.4, -0.2) is 29.1 Å². The predicted octanol–water partition coefficient (Wildman–Crippen LogP) is 3.21. The highest BCUT2D eigenvalue weighted by Crippen LogP contribution is 2.19. The zero-order valence-electron chi connectivity index (χ0n) is 12.5. The Balaban J connectivity index is 3.04. The van der Waals surface area contributed by atoms with Crippen molar-refractivity contribution in [3.8, 4) is 0 Å². The normalized spacial score (nSPS) is 12.5. The second-order valence-corrected chi connectivity index (χ2v) is 5.45. The van der Waals surface area contributed by atoms with E-state index in [2.05, 4.69) is 30.7 Å². The molecule has 0 bridgehead atoms. The molecular formula is C15H24N2O2. The van der Waals surface area contributed by atoms with Crippen molar-refractivity contribution in [3.05, 3.63) is 23.4 Å². The molecule has 106 valence electrons. The minimum Gasteiger partial charge on any atom is -0.478 e. The summed E-state index contributed by atoms with van der Waals surface area (Å²) in [6.07, 6.45) is 1.79. The lowest BCUT2D eigenvalue weighted by Crippen LogP contribution is -2.31. The van der Waals surface area contributed by atoms with Crippen LogP contribution in [-0.2, 0) is 6.42 Å². The first-order chi connectivity index (χ1) is 8.85. The van der Waals surface area contributed by atoms with Crippen LogP contribution in [0.4, 0.5) is 5.82 Å². The van der Waals surface area contributed by atoms with Crippen molar-refractivity contribution in [2.75, 3.05) is 11.9 Å². The largest absolute Gasteiger partial charge is 0.478 e. The van der Waals surface area contributed by atoms with Gasteiger partial charge in [-0.25, -0.2) is 9.78 Å². The van der Waals surface area contributed by atoms with E-state index in [0.717, 1.165) is 24.4 Å². The predicted molar refractivity (Wildman–Crippen MR) is 77.9 cm³/mol. The van der Waals surface area contributed by atoms with Crippen LogP contribution in [0.15, 0.2) is 12.1 Å². The van der Waals surface area contributed by atoms with E-state index in [-0.39, 0.29) is 0 Å². The average molecular weight is 264 g/mol. The third-order valence-electron chi connectivity index (χ3n) is 3.31. The summed E-state index contributed by atoms with van der Waals surface area (Å²) in [6.45, 7) is 8.49. The molecule has 0 aromatic carbocycles. The van der Waals surface area contributed by atoms with Crippen LogP contribution < -0.4 is 4.90 Å². The van der Waals surface area contributed by atoms with Crippen LogP contribution in [0.5, 0.6) is 0 Å². The summed E-state index contributed by atoms with van der Waals surface area (Å²) in [5, 5.41) is 9.15. The van der Waals surface area contributed by atoms with Gasteiger partial charge in [-0.1, -0.05) is 20.8 Å². The summed E-state index contributed by atoms with van der Waals surface area (Å²) in [5.74, 6) is 0.443. The summed E-state index contributed by atoms with van der Waals surface area (Å²) in [7, 11) is 1.97. The van der Waals surface area contributed by atoms with Gasteiger partial charge < -0.3 is 10.0 Å². The Kier molecular flexibility index (Phi) is 5.33. The van der Waals surface area contributed by atoms with Gasteiger partial charge in [-0.3, -0.25) is 0 Å². The molecule has 1 unspecified atom stereocenters. The van der Waals surface area contributed by atoms with E-state index in [1.807, 2.05) is 14.0 Å². The van der Waals surface area contributed by atoms with Crippen LogP contribution in [0, 0.1) is 5.92 Å². The van der Waals surface area contributed by atoms with Crippen LogP contribution in [0.1, 0.15) is 50.2 Å². The molecule has 0 aliphatic rings. The van der Waals surface area contributed by atoms with Crippen molar-refractivity contribution in [3.63, 3.8) is 0 Å². The molecule has 0 fully saturated rings. The molecule has 1 heterocycles. The SMILES string of the molecule is CCc1cc(C(=O)O)cc(N(C)C(C)CC(C)C)n1. The average Bonchev–Trinajstić information content (AvgIpc) is 2.36. The molecule has 1 aromatic rings. The first-order valence-corrected chi connectivity index (χ1v) is 6.82. The van der Waals surface area contributed by atoms with Crippen LogP contribution in [0.2, 0.25) is 0 Å². The van der Waals surface area contributed by atoms with Gasteiger partial charge in [0.15, 0.2) is 0 Å². The van der Waals surface area contributed by atoms with Gasteiger partial charge in [0.1, 0.15) is 5.82 Å². The lowest BCUT2D eigenvalue weighted by molar-refractivity contribution is 0.0696. The topological polar surface area (TPSA) is 53.4 Å². The molecule has 0 saturated heterocycles. The highest BCUT2D eigenvalue weighted by atomic mass is 16.4. The molecule has 1 rings (SSSR count). The number of carboxylic acids is 1. The fraction of sp³-hybridized carbons (Fsp3) is 0.600. The van der Waals surface area contributed by atoms with Gasteiger partial charge in [0.2, 0.25) is 0 Å². The summed E-state index contributed by atoms with van der Waals surface area (Å²) in [5.41, 5.74) is 1.13. The fourth-order valence-corrected chi connectivity index (χ4v) is 2.12. The van der Waals surface area contributed by atoms with Gasteiger partial charge in [0, 0.05) is 18.8 Å². The maximum Gasteiger partial charge on any atom is 0.335 e. The molecular weight excluding hydrogens is 240 g/mol. The monoisotopic (exact) mass is 264 g/mol.